The van der Waals surface area contributed by atoms with Gasteiger partial charge in [0.15, 0.2) is 0 Å². The molecule has 2 aliphatic heterocycles. The van der Waals surface area contributed by atoms with E-state index >= 15 is 0 Å². The Morgan fingerprint density at radius 2 is 0.923 bits per heavy atom. The molecule has 0 N–H and O–H groups in total. The molecule has 1 aliphatic carbocycles. The fourth-order valence-corrected chi connectivity index (χ4v) is 12.4. The van der Waals surface area contributed by atoms with Crippen LogP contribution in [0.25, 0.3) is 22.3 Å². The van der Waals surface area contributed by atoms with E-state index in [4.69, 9.17) is 39.2 Å². The van der Waals surface area contributed by atoms with Gasteiger partial charge in [0.05, 0.1) is 0 Å². The smallest absolute Gasteiger partial charge is 0.252 e. The fourth-order valence-electron chi connectivity index (χ4n) is 12.4. The van der Waals surface area contributed by atoms with Crippen LogP contribution in [0.3, 0.4) is 0 Å². The van der Waals surface area contributed by atoms with Crippen LogP contribution in [-0.2, 0) is 21.7 Å². The number of nitrogens with zero attached hydrogens (tertiary/aromatic N) is 3. The van der Waals surface area contributed by atoms with E-state index in [1.165, 1.54) is 61.0 Å². The van der Waals surface area contributed by atoms with E-state index in [2.05, 4.69) is 255 Å². The van der Waals surface area contributed by atoms with Gasteiger partial charge in [-0.2, -0.15) is 0 Å². The predicted octanol–water partition coefficient (Wildman–Crippen LogP) is 11.1. The highest BCUT2D eigenvalue weighted by atomic mass is 15.2. The van der Waals surface area contributed by atoms with E-state index < -0.39 is 0 Å². The Balaban J connectivity index is 1.18. The van der Waals surface area contributed by atoms with Crippen molar-refractivity contribution in [1.82, 2.24) is 0 Å². The molecule has 9 heteroatoms. The summed E-state index contributed by atoms with van der Waals surface area (Å²) in [5.41, 5.74) is 24.0. The lowest BCUT2D eigenvalue weighted by Gasteiger charge is -2.46. The molecule has 10 radical (unpaired) electrons. The summed E-state index contributed by atoms with van der Waals surface area (Å²) in [4.78, 5) is 7.15. The van der Waals surface area contributed by atoms with Gasteiger partial charge in [0, 0.05) is 56.6 Å². The van der Waals surface area contributed by atoms with Crippen molar-refractivity contribution in [3.63, 3.8) is 0 Å². The Bertz CT molecular complexity index is 3870. The lowest BCUT2D eigenvalue weighted by atomic mass is 9.33. The molecule has 0 aromatic heterocycles. The molecule has 9 aromatic rings. The second-order valence-electron chi connectivity index (χ2n) is 25.4. The van der Waals surface area contributed by atoms with E-state index in [9.17, 15) is 0 Å². The second-order valence-corrected chi connectivity index (χ2v) is 25.4. The molecule has 0 amide bonds. The van der Waals surface area contributed by atoms with Crippen molar-refractivity contribution in [3.8, 4) is 22.3 Å². The largest absolute Gasteiger partial charge is 0.312 e. The maximum atomic E-state index is 7.10. The lowest BCUT2D eigenvalue weighted by Crippen LogP contribution is -2.61. The molecule has 2 heterocycles. The van der Waals surface area contributed by atoms with Gasteiger partial charge in [-0.3, -0.25) is 0 Å². The molecule has 12 rings (SSSR count). The summed E-state index contributed by atoms with van der Waals surface area (Å²) in [5.74, 6) is 0. The van der Waals surface area contributed by atoms with Gasteiger partial charge in [-0.05, 0) is 149 Å². The van der Waals surface area contributed by atoms with Crippen LogP contribution < -0.4 is 58.4 Å². The normalized spacial score (nSPS) is 14.1. The molecule has 9 aromatic carbocycles. The molecular weight excluding hydrogens is 936 g/mol. The maximum Gasteiger partial charge on any atom is 0.252 e. The first-order chi connectivity index (χ1) is 36.9. The van der Waals surface area contributed by atoms with Gasteiger partial charge in [0.2, 0.25) is 0 Å². The van der Waals surface area contributed by atoms with E-state index in [1.807, 2.05) is 6.07 Å². The van der Waals surface area contributed by atoms with Crippen LogP contribution in [0, 0.1) is 0 Å². The topological polar surface area (TPSA) is 9.72 Å². The van der Waals surface area contributed by atoms with Crippen molar-refractivity contribution in [2.24, 2.45) is 0 Å². The Kier molecular flexibility index (Phi) is 12.0. The fraction of sp³-hybridized carbons (Fsp3) is 0.217. The number of hydrogen-bond acceptors (Lipinski definition) is 3. The van der Waals surface area contributed by atoms with Gasteiger partial charge in [0.1, 0.15) is 39.2 Å². The molecule has 0 unspecified atom stereocenters. The van der Waals surface area contributed by atoms with Crippen molar-refractivity contribution in [2.45, 2.75) is 97.8 Å². The Labute approximate surface area is 470 Å². The molecule has 3 aliphatic rings. The van der Waals surface area contributed by atoms with Crippen LogP contribution in [0.5, 0.6) is 0 Å². The molecule has 370 valence electrons. The first-order valence-corrected chi connectivity index (χ1v) is 27.3. The summed E-state index contributed by atoms with van der Waals surface area (Å²) in [5, 5.41) is 0. The molecule has 0 fully saturated rings. The van der Waals surface area contributed by atoms with Crippen LogP contribution >= 0.6 is 0 Å². The lowest BCUT2D eigenvalue weighted by molar-refractivity contribution is 0.589. The minimum atomic E-state index is -0.247. The third-order valence-corrected chi connectivity index (χ3v) is 17.0. The zero-order chi connectivity index (χ0) is 55.1. The van der Waals surface area contributed by atoms with Gasteiger partial charge >= 0.3 is 0 Å². The van der Waals surface area contributed by atoms with Gasteiger partial charge < -0.3 is 14.7 Å². The Morgan fingerprint density at radius 1 is 0.397 bits per heavy atom. The standard InChI is InChI=1S/C69H61B6N3/c1-66(2,3)42-23-28-46(29-24-42)77-55-34-25-43(67(4,5)6)35-54(55)75-53-33-31-48(76(65-62(73)60(71)59(70)61(72)63(65)74)45-26-21-41(22-27-45)40-17-13-12-14-18-40)39-56(53)78(58-37-44(68(7,8)9)36-57(77)64(58)75)47-30-32-50-49-19-15-16-20-51(49)69(10,11)52(50)38-47/h12-39H,1-11H3. The summed E-state index contributed by atoms with van der Waals surface area (Å²) in [6.07, 6.45) is 0. The van der Waals surface area contributed by atoms with Crippen LogP contribution in [-0.4, -0.2) is 45.9 Å². The van der Waals surface area contributed by atoms with E-state index in [0.717, 1.165) is 50.9 Å². The summed E-state index contributed by atoms with van der Waals surface area (Å²) >= 11 is 0. The van der Waals surface area contributed by atoms with Gasteiger partial charge in [-0.15, -0.1) is 16.4 Å². The highest BCUT2D eigenvalue weighted by Crippen LogP contribution is 2.53. The minimum Gasteiger partial charge on any atom is -0.312 e. The van der Waals surface area contributed by atoms with Crippen LogP contribution in [0.15, 0.2) is 170 Å². The van der Waals surface area contributed by atoms with Crippen molar-refractivity contribution in [3.05, 3.63) is 198 Å². The molecule has 0 saturated heterocycles. The van der Waals surface area contributed by atoms with Gasteiger partial charge in [-0.25, -0.2) is 0 Å². The molecule has 0 atom stereocenters. The molecule has 0 spiro atoms. The predicted molar refractivity (Wildman–Crippen MR) is 341 cm³/mol. The zero-order valence-corrected chi connectivity index (χ0v) is 47.0. The summed E-state index contributed by atoms with van der Waals surface area (Å²) in [6.45, 7) is 25.3. The van der Waals surface area contributed by atoms with Crippen molar-refractivity contribution in [1.29, 1.82) is 0 Å². The van der Waals surface area contributed by atoms with Crippen molar-refractivity contribution < 1.29 is 0 Å². The molecule has 78 heavy (non-hydrogen) atoms. The van der Waals surface area contributed by atoms with Gasteiger partial charge in [0.25, 0.3) is 6.71 Å². The number of fused-ring (bicyclic) bond motifs is 7. The summed E-state index contributed by atoms with van der Waals surface area (Å²) in [6, 6.07) is 63.0. The third-order valence-electron chi connectivity index (χ3n) is 17.0. The average Bonchev–Trinajstić information content (AvgIpc) is 3.33. The van der Waals surface area contributed by atoms with Crippen LogP contribution in [0.2, 0.25) is 0 Å². The van der Waals surface area contributed by atoms with E-state index in [0.29, 0.717) is 5.69 Å². The number of rotatable bonds is 6. The SMILES string of the molecule is [B]c1c([B])c([B])c(N(c2ccc(-c3ccccc3)cc2)c2ccc3c(c2)N(c2ccc4c(c2)C(C)(C)c2ccccc2-4)c2cc(C(C)(C)C)cc4c2B3c2cc(C(C)(C)C)ccc2N4c2ccc(C(C)(C)C)cc2)c([B])c1[B]. The quantitative estimate of drug-likeness (QED) is 0.154. The van der Waals surface area contributed by atoms with Crippen LogP contribution in [0.1, 0.15) is 104 Å². The van der Waals surface area contributed by atoms with Crippen molar-refractivity contribution in [2.75, 3.05) is 14.7 Å². The average molecular weight is 997 g/mol. The van der Waals surface area contributed by atoms with Crippen molar-refractivity contribution >= 4 is 141 Å². The number of anilines is 9. The van der Waals surface area contributed by atoms with Gasteiger partial charge in [-0.1, -0.05) is 190 Å². The third kappa shape index (κ3) is 8.16. The molecule has 3 nitrogen and oxygen atoms in total. The highest BCUT2D eigenvalue weighted by Gasteiger charge is 2.46. The minimum absolute atomic E-state index is 0.00304. The molecule has 0 bridgehead atoms. The number of benzene rings is 9. The maximum absolute atomic E-state index is 7.10. The Morgan fingerprint density at radius 3 is 1.55 bits per heavy atom. The van der Waals surface area contributed by atoms with E-state index in [-0.39, 0.29) is 55.7 Å². The van der Waals surface area contributed by atoms with Crippen LogP contribution in [0.4, 0.5) is 51.2 Å². The molecular formula is C69H61B6N3. The number of hydrogen-bond donors (Lipinski definition) is 0. The van der Waals surface area contributed by atoms with E-state index in [1.54, 1.807) is 0 Å². The summed E-state index contributed by atoms with van der Waals surface area (Å²) in [7, 11) is 34.2. The zero-order valence-electron chi connectivity index (χ0n) is 47.0. The first kappa shape index (κ1) is 51.5. The summed E-state index contributed by atoms with van der Waals surface area (Å²) < 4.78 is 0. The second kappa shape index (κ2) is 18.2. The monoisotopic (exact) mass is 998 g/mol. The molecule has 0 saturated carbocycles. The first-order valence-electron chi connectivity index (χ1n) is 27.3. The Hall–Kier alpha value is -7.23. The highest BCUT2D eigenvalue weighted by molar-refractivity contribution is 7.00.